The van der Waals surface area contributed by atoms with Gasteiger partial charge in [0.25, 0.3) is 0 Å². The molecule has 1 fully saturated rings. The van der Waals surface area contributed by atoms with Crippen LogP contribution in [0, 0.1) is 12.8 Å². The summed E-state index contributed by atoms with van der Waals surface area (Å²) in [7, 11) is 0. The van der Waals surface area contributed by atoms with Crippen LogP contribution in [0.5, 0.6) is 0 Å². The van der Waals surface area contributed by atoms with E-state index in [0.29, 0.717) is 5.82 Å². The summed E-state index contributed by atoms with van der Waals surface area (Å²) in [6.07, 6.45) is 9.51. The van der Waals surface area contributed by atoms with Crippen LogP contribution in [0.15, 0.2) is 0 Å². The first-order chi connectivity index (χ1) is 7.27. The van der Waals surface area contributed by atoms with Crippen molar-refractivity contribution in [3.05, 3.63) is 11.3 Å². The summed E-state index contributed by atoms with van der Waals surface area (Å²) in [5.74, 6) is 1.50. The van der Waals surface area contributed by atoms with Crippen molar-refractivity contribution >= 4 is 5.82 Å². The lowest BCUT2D eigenvalue weighted by molar-refractivity contribution is 0.452. The van der Waals surface area contributed by atoms with Crippen molar-refractivity contribution in [1.29, 1.82) is 0 Å². The van der Waals surface area contributed by atoms with Gasteiger partial charge >= 0.3 is 0 Å². The molecule has 1 aliphatic carbocycles. The van der Waals surface area contributed by atoms with E-state index in [1.165, 1.54) is 44.2 Å². The van der Waals surface area contributed by atoms with Gasteiger partial charge in [0, 0.05) is 11.3 Å². The van der Waals surface area contributed by atoms with Crippen LogP contribution in [-0.4, -0.2) is 10.2 Å². The number of nitrogens with zero attached hydrogens (tertiary/aromatic N) is 1. The maximum Gasteiger partial charge on any atom is 0.148 e. The standard InChI is InChI=1S/C12H21N3/c1-9-11(14-15-12(9)13)8-10-6-4-2-3-5-7-10/h10H,2-8H2,1H3,(H3,13,14,15). The second kappa shape index (κ2) is 4.69. The molecule has 3 N–H and O–H groups in total. The molecule has 2 rings (SSSR count). The molecule has 0 atom stereocenters. The Labute approximate surface area is 91.4 Å². The van der Waals surface area contributed by atoms with Gasteiger partial charge in [0.2, 0.25) is 0 Å². The minimum Gasteiger partial charge on any atom is -0.382 e. The van der Waals surface area contributed by atoms with Gasteiger partial charge in [-0.1, -0.05) is 38.5 Å². The van der Waals surface area contributed by atoms with Gasteiger partial charge in [0.05, 0.1) is 0 Å². The van der Waals surface area contributed by atoms with Crippen LogP contribution in [-0.2, 0) is 6.42 Å². The molecule has 3 heteroatoms. The minimum absolute atomic E-state index is 0.665. The van der Waals surface area contributed by atoms with Gasteiger partial charge in [0.15, 0.2) is 0 Å². The van der Waals surface area contributed by atoms with E-state index in [4.69, 9.17) is 5.73 Å². The second-order valence-corrected chi connectivity index (χ2v) is 4.77. The predicted octanol–water partition coefficient (Wildman–Crippen LogP) is 2.81. The number of rotatable bonds is 2. The summed E-state index contributed by atoms with van der Waals surface area (Å²) in [5, 5.41) is 7.12. The maximum atomic E-state index is 5.73. The third-order valence-electron chi connectivity index (χ3n) is 3.62. The molecule has 0 aliphatic heterocycles. The zero-order valence-electron chi connectivity index (χ0n) is 9.55. The normalized spacial score (nSPS) is 19.0. The van der Waals surface area contributed by atoms with Gasteiger partial charge in [-0.15, -0.1) is 0 Å². The van der Waals surface area contributed by atoms with Gasteiger partial charge in [-0.3, -0.25) is 5.10 Å². The molecule has 0 unspecified atom stereocenters. The van der Waals surface area contributed by atoms with Gasteiger partial charge in [0.1, 0.15) is 5.82 Å². The van der Waals surface area contributed by atoms with Gasteiger partial charge in [-0.2, -0.15) is 5.10 Å². The van der Waals surface area contributed by atoms with Crippen molar-refractivity contribution in [2.45, 2.75) is 51.9 Å². The fraction of sp³-hybridized carbons (Fsp3) is 0.750. The largest absolute Gasteiger partial charge is 0.382 e. The lowest BCUT2D eigenvalue weighted by Gasteiger charge is -2.12. The van der Waals surface area contributed by atoms with Gasteiger partial charge in [-0.05, 0) is 19.3 Å². The Morgan fingerprint density at radius 3 is 2.47 bits per heavy atom. The summed E-state index contributed by atoms with van der Waals surface area (Å²) in [6.45, 7) is 2.06. The Kier molecular flexibility index (Phi) is 3.29. The highest BCUT2D eigenvalue weighted by atomic mass is 15.2. The van der Waals surface area contributed by atoms with E-state index < -0.39 is 0 Å². The molecular formula is C12H21N3. The zero-order valence-corrected chi connectivity index (χ0v) is 9.55. The maximum absolute atomic E-state index is 5.73. The molecule has 1 aliphatic rings. The van der Waals surface area contributed by atoms with Crippen LogP contribution in [0.1, 0.15) is 49.8 Å². The van der Waals surface area contributed by atoms with Crippen LogP contribution >= 0.6 is 0 Å². The van der Waals surface area contributed by atoms with Crippen molar-refractivity contribution in [3.63, 3.8) is 0 Å². The average Bonchev–Trinajstić information content (AvgIpc) is 2.50. The first-order valence-corrected chi connectivity index (χ1v) is 6.06. The number of anilines is 1. The Balaban J connectivity index is 1.98. The SMILES string of the molecule is Cc1c(N)n[nH]c1CC1CCCCCC1. The van der Waals surface area contributed by atoms with Crippen LogP contribution < -0.4 is 5.73 Å². The first kappa shape index (κ1) is 10.5. The van der Waals surface area contributed by atoms with Crippen molar-refractivity contribution in [2.75, 3.05) is 5.73 Å². The Bertz CT molecular complexity index is 309. The van der Waals surface area contributed by atoms with Gasteiger partial charge in [-0.25, -0.2) is 0 Å². The summed E-state index contributed by atoms with van der Waals surface area (Å²) in [4.78, 5) is 0. The van der Waals surface area contributed by atoms with Crippen LogP contribution in [0.3, 0.4) is 0 Å². The first-order valence-electron chi connectivity index (χ1n) is 6.06. The van der Waals surface area contributed by atoms with Crippen molar-refractivity contribution in [2.24, 2.45) is 5.92 Å². The lowest BCUT2D eigenvalue weighted by atomic mass is 9.94. The zero-order chi connectivity index (χ0) is 10.7. The van der Waals surface area contributed by atoms with E-state index in [-0.39, 0.29) is 0 Å². The van der Waals surface area contributed by atoms with Crippen LogP contribution in [0.25, 0.3) is 0 Å². The molecule has 1 aromatic heterocycles. The molecule has 15 heavy (non-hydrogen) atoms. The van der Waals surface area contributed by atoms with E-state index in [1.54, 1.807) is 0 Å². The Hall–Kier alpha value is -0.990. The van der Waals surface area contributed by atoms with E-state index in [1.807, 2.05) is 0 Å². The highest BCUT2D eigenvalue weighted by Gasteiger charge is 2.15. The number of nitrogens with one attached hydrogen (secondary N) is 1. The molecular weight excluding hydrogens is 186 g/mol. The highest BCUT2D eigenvalue weighted by molar-refractivity contribution is 5.40. The summed E-state index contributed by atoms with van der Waals surface area (Å²) >= 11 is 0. The fourth-order valence-corrected chi connectivity index (χ4v) is 2.51. The molecule has 1 saturated carbocycles. The monoisotopic (exact) mass is 207 g/mol. The van der Waals surface area contributed by atoms with Crippen LogP contribution in [0.4, 0.5) is 5.82 Å². The van der Waals surface area contributed by atoms with Crippen molar-refractivity contribution in [3.8, 4) is 0 Å². The molecule has 1 heterocycles. The van der Waals surface area contributed by atoms with E-state index in [9.17, 15) is 0 Å². The van der Waals surface area contributed by atoms with E-state index in [2.05, 4.69) is 17.1 Å². The molecule has 0 spiro atoms. The molecule has 0 bridgehead atoms. The Morgan fingerprint density at radius 1 is 1.27 bits per heavy atom. The van der Waals surface area contributed by atoms with Crippen molar-refractivity contribution in [1.82, 2.24) is 10.2 Å². The summed E-state index contributed by atoms with van der Waals surface area (Å²) in [5.41, 5.74) is 8.14. The number of hydrogen-bond donors (Lipinski definition) is 2. The molecule has 0 radical (unpaired) electrons. The summed E-state index contributed by atoms with van der Waals surface area (Å²) in [6, 6.07) is 0. The quantitative estimate of drug-likeness (QED) is 0.733. The molecule has 0 amide bonds. The molecule has 1 aromatic rings. The molecule has 0 saturated heterocycles. The number of H-pyrrole nitrogens is 1. The minimum atomic E-state index is 0.665. The number of nitrogen functional groups attached to an aromatic ring is 1. The third kappa shape index (κ3) is 2.52. The van der Waals surface area contributed by atoms with E-state index >= 15 is 0 Å². The summed E-state index contributed by atoms with van der Waals surface area (Å²) < 4.78 is 0. The predicted molar refractivity (Wildman–Crippen MR) is 62.6 cm³/mol. The molecule has 84 valence electrons. The number of aromatic nitrogens is 2. The Morgan fingerprint density at radius 2 is 1.93 bits per heavy atom. The van der Waals surface area contributed by atoms with Crippen molar-refractivity contribution < 1.29 is 0 Å². The van der Waals surface area contributed by atoms with Crippen LogP contribution in [0.2, 0.25) is 0 Å². The smallest absolute Gasteiger partial charge is 0.148 e. The van der Waals surface area contributed by atoms with E-state index in [0.717, 1.165) is 17.9 Å². The lowest BCUT2D eigenvalue weighted by Crippen LogP contribution is -2.04. The number of nitrogens with two attached hydrogens (primary N) is 1. The average molecular weight is 207 g/mol. The fourth-order valence-electron chi connectivity index (χ4n) is 2.51. The second-order valence-electron chi connectivity index (χ2n) is 4.77. The molecule has 0 aromatic carbocycles. The van der Waals surface area contributed by atoms with Gasteiger partial charge < -0.3 is 5.73 Å². The number of hydrogen-bond acceptors (Lipinski definition) is 2. The molecule has 3 nitrogen and oxygen atoms in total. The number of aromatic amines is 1. The highest BCUT2D eigenvalue weighted by Crippen LogP contribution is 2.27. The third-order valence-corrected chi connectivity index (χ3v) is 3.62. The topological polar surface area (TPSA) is 54.7 Å².